The van der Waals surface area contributed by atoms with Gasteiger partial charge in [-0.05, 0) is 30.3 Å². The number of nitrogens with zero attached hydrogens (tertiary/aromatic N) is 2. The maximum Gasteiger partial charge on any atom is 0.387 e. The molecular formula is C24H25F2N5O6. The summed E-state index contributed by atoms with van der Waals surface area (Å²) in [5, 5.41) is 14.7. The Morgan fingerprint density at radius 3 is 2.76 bits per heavy atom. The minimum atomic E-state index is -3.27. The lowest BCUT2D eigenvalue weighted by atomic mass is 10.1. The first-order chi connectivity index (χ1) is 17.6. The normalized spacial score (nSPS) is 16.6. The number of aliphatic hydroxyl groups excluding tert-OH is 1. The van der Waals surface area contributed by atoms with Crippen molar-refractivity contribution < 1.29 is 37.7 Å². The third-order valence-corrected chi connectivity index (χ3v) is 5.80. The van der Waals surface area contributed by atoms with Crippen molar-refractivity contribution in [3.8, 4) is 5.75 Å². The third kappa shape index (κ3) is 5.17. The number of carbonyl (C=O) groups excluding carboxylic acids is 3. The number of amides is 3. The molecule has 0 bridgehead atoms. The summed E-state index contributed by atoms with van der Waals surface area (Å²) in [5.74, 6) is -2.43. The Morgan fingerprint density at radius 2 is 2.05 bits per heavy atom. The summed E-state index contributed by atoms with van der Waals surface area (Å²) in [6.07, 6.45) is -1.90. The van der Waals surface area contributed by atoms with Crippen LogP contribution in [0.4, 0.5) is 26.0 Å². The molecule has 1 aromatic heterocycles. The molecule has 4 rings (SSSR count). The highest BCUT2D eigenvalue weighted by molar-refractivity contribution is 6.07. The number of hydrogen-bond donors (Lipinski definition) is 4. The first-order valence-corrected chi connectivity index (χ1v) is 11.2. The van der Waals surface area contributed by atoms with Crippen LogP contribution in [-0.2, 0) is 14.3 Å². The quantitative estimate of drug-likeness (QED) is 0.373. The van der Waals surface area contributed by atoms with Gasteiger partial charge in [0.1, 0.15) is 5.82 Å². The Bertz CT molecular complexity index is 1340. The van der Waals surface area contributed by atoms with Crippen LogP contribution >= 0.6 is 0 Å². The van der Waals surface area contributed by atoms with Gasteiger partial charge in [-0.1, -0.05) is 6.07 Å². The molecule has 1 fully saturated rings. The Kier molecular flexibility index (Phi) is 7.27. The number of anilines is 3. The Balaban J connectivity index is 1.57. The number of halogens is 2. The van der Waals surface area contributed by atoms with Crippen LogP contribution < -0.4 is 20.7 Å². The van der Waals surface area contributed by atoms with E-state index in [0.29, 0.717) is 11.5 Å². The first kappa shape index (κ1) is 25.9. The fraction of sp³-hybridized carbons (Fsp3) is 0.292. The fourth-order valence-electron chi connectivity index (χ4n) is 4.02. The van der Waals surface area contributed by atoms with E-state index in [9.17, 15) is 28.3 Å². The molecule has 0 spiro atoms. The van der Waals surface area contributed by atoms with E-state index in [0.717, 1.165) is 15.7 Å². The predicted molar refractivity (Wildman–Crippen MR) is 131 cm³/mol. The standard InChI is InChI=1S/C24H25F2N5O6/c1-30(2)22(34)15-4-3-5-16(18(15)37-24(25)26)31-8-9-36-19(23(31)35)17(32)21(33)29-13-6-7-14-12(10-13)11-28-20(14)27/h3-7,10-11,17,19,24,28,32H,8-9,27H2,1-2H3,(H,29,33)/t17-,19-/m1/s1. The molecule has 2 heterocycles. The molecule has 1 aliphatic rings. The third-order valence-electron chi connectivity index (χ3n) is 5.80. The van der Waals surface area contributed by atoms with Gasteiger partial charge in [0.15, 0.2) is 18.0 Å². The molecule has 5 N–H and O–H groups in total. The van der Waals surface area contributed by atoms with Crippen LogP contribution in [0.15, 0.2) is 42.6 Å². The number of aliphatic hydroxyl groups is 1. The summed E-state index contributed by atoms with van der Waals surface area (Å²) in [7, 11) is 2.88. The summed E-state index contributed by atoms with van der Waals surface area (Å²) in [6.45, 7) is -3.48. The van der Waals surface area contributed by atoms with Gasteiger partial charge in [0.2, 0.25) is 0 Å². The monoisotopic (exact) mass is 517 g/mol. The molecule has 0 saturated carbocycles. The summed E-state index contributed by atoms with van der Waals surface area (Å²) < 4.78 is 36.5. The highest BCUT2D eigenvalue weighted by Crippen LogP contribution is 2.36. The lowest BCUT2D eigenvalue weighted by Gasteiger charge is -2.35. The van der Waals surface area contributed by atoms with Crippen LogP contribution in [0.25, 0.3) is 10.8 Å². The van der Waals surface area contributed by atoms with Gasteiger partial charge in [-0.25, -0.2) is 0 Å². The van der Waals surface area contributed by atoms with E-state index < -0.39 is 42.3 Å². The fourth-order valence-corrected chi connectivity index (χ4v) is 4.02. The zero-order chi connectivity index (χ0) is 26.9. The van der Waals surface area contributed by atoms with Crippen molar-refractivity contribution in [2.45, 2.75) is 18.8 Å². The molecule has 37 heavy (non-hydrogen) atoms. The highest BCUT2D eigenvalue weighted by atomic mass is 19.3. The molecule has 0 unspecified atom stereocenters. The number of carbonyl (C=O) groups is 3. The summed E-state index contributed by atoms with van der Waals surface area (Å²) in [4.78, 5) is 43.6. The molecule has 196 valence electrons. The van der Waals surface area contributed by atoms with Gasteiger partial charge in [0.25, 0.3) is 17.7 Å². The zero-order valence-electron chi connectivity index (χ0n) is 19.9. The largest absolute Gasteiger partial charge is 0.432 e. The van der Waals surface area contributed by atoms with E-state index in [1.807, 2.05) is 0 Å². The summed E-state index contributed by atoms with van der Waals surface area (Å²) >= 11 is 0. The van der Waals surface area contributed by atoms with Gasteiger partial charge in [-0.3, -0.25) is 14.4 Å². The maximum absolute atomic E-state index is 13.3. The van der Waals surface area contributed by atoms with E-state index in [1.165, 1.54) is 37.2 Å². The molecule has 2 atom stereocenters. The average Bonchev–Trinajstić information content (AvgIpc) is 3.23. The second-order valence-corrected chi connectivity index (χ2v) is 8.45. The molecule has 3 aromatic rings. The number of H-pyrrole nitrogens is 1. The number of benzene rings is 2. The molecule has 2 aromatic carbocycles. The smallest absolute Gasteiger partial charge is 0.387 e. The van der Waals surface area contributed by atoms with Gasteiger partial charge in [-0.2, -0.15) is 8.78 Å². The second kappa shape index (κ2) is 10.4. The molecule has 1 aliphatic heterocycles. The van der Waals surface area contributed by atoms with Crippen LogP contribution in [0.1, 0.15) is 10.4 Å². The van der Waals surface area contributed by atoms with Crippen LogP contribution in [-0.4, -0.2) is 78.8 Å². The van der Waals surface area contributed by atoms with Crippen LogP contribution in [0.5, 0.6) is 5.75 Å². The number of para-hydroxylation sites is 1. The number of hydrogen-bond acceptors (Lipinski definition) is 7. The predicted octanol–water partition coefficient (Wildman–Crippen LogP) is 1.78. The van der Waals surface area contributed by atoms with Crippen molar-refractivity contribution >= 4 is 45.7 Å². The number of alkyl halides is 2. The van der Waals surface area contributed by atoms with E-state index in [4.69, 9.17) is 10.5 Å². The van der Waals surface area contributed by atoms with E-state index >= 15 is 0 Å². The number of morpholine rings is 1. The van der Waals surface area contributed by atoms with Crippen molar-refractivity contribution in [2.75, 3.05) is 43.2 Å². The second-order valence-electron chi connectivity index (χ2n) is 8.45. The van der Waals surface area contributed by atoms with Gasteiger partial charge >= 0.3 is 6.61 Å². The Labute approximate surface area is 209 Å². The molecule has 0 radical (unpaired) electrons. The number of fused-ring (bicyclic) bond motifs is 1. The van der Waals surface area contributed by atoms with Gasteiger partial charge in [0, 0.05) is 43.3 Å². The minimum Gasteiger partial charge on any atom is -0.432 e. The summed E-state index contributed by atoms with van der Waals surface area (Å²) in [6, 6.07) is 8.92. The lowest BCUT2D eigenvalue weighted by molar-refractivity contribution is -0.150. The molecule has 0 aliphatic carbocycles. The molecular weight excluding hydrogens is 492 g/mol. The summed E-state index contributed by atoms with van der Waals surface area (Å²) in [5.41, 5.74) is 5.86. The van der Waals surface area contributed by atoms with E-state index in [-0.39, 0.29) is 24.4 Å². The van der Waals surface area contributed by atoms with Gasteiger partial charge in [-0.15, -0.1) is 0 Å². The van der Waals surface area contributed by atoms with Crippen LogP contribution in [0.3, 0.4) is 0 Å². The number of aromatic nitrogens is 1. The topological polar surface area (TPSA) is 150 Å². The van der Waals surface area contributed by atoms with Crippen molar-refractivity contribution in [1.82, 2.24) is 9.88 Å². The maximum atomic E-state index is 13.3. The van der Waals surface area contributed by atoms with Gasteiger partial charge in [0.05, 0.1) is 17.9 Å². The minimum absolute atomic E-state index is 0.0888. The number of rotatable bonds is 7. The molecule has 11 nitrogen and oxygen atoms in total. The van der Waals surface area contributed by atoms with Crippen molar-refractivity contribution in [1.29, 1.82) is 0 Å². The highest BCUT2D eigenvalue weighted by Gasteiger charge is 2.41. The zero-order valence-corrected chi connectivity index (χ0v) is 19.9. The molecule has 13 heteroatoms. The number of nitrogen functional groups attached to an aromatic ring is 1. The first-order valence-electron chi connectivity index (χ1n) is 11.2. The SMILES string of the molecule is CN(C)C(=O)c1cccc(N2CCO[C@H]([C@@H](O)C(=O)Nc3ccc4c(N)[nH]cc4c3)C2=O)c1OC(F)F. The Morgan fingerprint density at radius 1 is 1.30 bits per heavy atom. The van der Waals surface area contributed by atoms with Crippen LogP contribution in [0, 0.1) is 0 Å². The lowest BCUT2D eigenvalue weighted by Crippen LogP contribution is -2.55. The van der Waals surface area contributed by atoms with Gasteiger partial charge < -0.3 is 40.4 Å². The number of nitrogens with one attached hydrogen (secondary N) is 2. The molecule has 1 saturated heterocycles. The van der Waals surface area contributed by atoms with Crippen molar-refractivity contribution in [3.63, 3.8) is 0 Å². The van der Waals surface area contributed by atoms with Crippen LogP contribution in [0.2, 0.25) is 0 Å². The van der Waals surface area contributed by atoms with E-state index in [1.54, 1.807) is 24.4 Å². The Hall–Kier alpha value is -4.23. The number of nitrogens with two attached hydrogens (primary N) is 1. The number of ether oxygens (including phenoxy) is 2. The van der Waals surface area contributed by atoms with Crippen molar-refractivity contribution in [3.05, 3.63) is 48.2 Å². The number of aromatic amines is 1. The molecule has 3 amide bonds. The van der Waals surface area contributed by atoms with Crippen molar-refractivity contribution in [2.24, 2.45) is 0 Å². The van der Waals surface area contributed by atoms with E-state index in [2.05, 4.69) is 15.0 Å². The average molecular weight is 517 g/mol.